The largest absolute Gasteiger partial charge is 0.297 e. The van der Waals surface area contributed by atoms with Crippen LogP contribution in [-0.2, 0) is 26.3 Å². The van der Waals surface area contributed by atoms with Gasteiger partial charge in [-0.3, -0.25) is 9.55 Å². The Hall–Kier alpha value is -2.52. The van der Waals surface area contributed by atoms with E-state index in [1.165, 1.54) is 0 Å². The van der Waals surface area contributed by atoms with Crippen LogP contribution in [-0.4, -0.2) is 37.1 Å². The Morgan fingerprint density at radius 3 is 2.35 bits per heavy atom. The zero-order chi connectivity index (χ0) is 18.7. The van der Waals surface area contributed by atoms with Crippen LogP contribution >= 0.6 is 0 Å². The summed E-state index contributed by atoms with van der Waals surface area (Å²) in [6.07, 6.45) is 4.87. The molecule has 2 aromatic heterocycles. The van der Waals surface area contributed by atoms with Gasteiger partial charge in [0.2, 0.25) is 0 Å². The van der Waals surface area contributed by atoms with Gasteiger partial charge in [0, 0.05) is 5.56 Å². The van der Waals surface area contributed by atoms with Crippen molar-refractivity contribution in [2.75, 3.05) is 5.75 Å². The van der Waals surface area contributed by atoms with Crippen molar-refractivity contribution in [3.63, 3.8) is 0 Å². The van der Waals surface area contributed by atoms with Gasteiger partial charge in [0.15, 0.2) is 9.84 Å². The highest BCUT2D eigenvalue weighted by molar-refractivity contribution is 7.91. The summed E-state index contributed by atoms with van der Waals surface area (Å²) in [6, 6.07) is 10.1. The van der Waals surface area contributed by atoms with Crippen molar-refractivity contribution in [3.8, 4) is 16.9 Å². The molecular formula is C17H17N3O4S2. The average molecular weight is 391 g/mol. The molecule has 9 heteroatoms. The van der Waals surface area contributed by atoms with Gasteiger partial charge < -0.3 is 0 Å². The number of benzene rings is 1. The number of thiol groups is 1. The molecule has 0 aliphatic rings. The van der Waals surface area contributed by atoms with Crippen LogP contribution in [0.4, 0.5) is 0 Å². The van der Waals surface area contributed by atoms with Gasteiger partial charge in [0.1, 0.15) is 10.7 Å². The van der Waals surface area contributed by atoms with Gasteiger partial charge in [-0.15, -0.1) is 0 Å². The number of sulfone groups is 1. The van der Waals surface area contributed by atoms with Crippen LogP contribution < -0.4 is 0 Å². The molecule has 0 amide bonds. The molecule has 0 atom stereocenters. The topological polar surface area (TPSA) is 99.0 Å². The fourth-order valence-electron chi connectivity index (χ4n) is 2.50. The zero-order valence-corrected chi connectivity index (χ0v) is 15.7. The summed E-state index contributed by atoms with van der Waals surface area (Å²) >= 11 is 0. The van der Waals surface area contributed by atoms with Gasteiger partial charge in [-0.1, -0.05) is 19.1 Å². The second-order valence-corrected chi connectivity index (χ2v) is 8.84. The number of hydrogen-bond acceptors (Lipinski definition) is 6. The van der Waals surface area contributed by atoms with E-state index in [9.17, 15) is 16.8 Å². The summed E-state index contributed by atoms with van der Waals surface area (Å²) in [4.78, 5) is 8.59. The minimum atomic E-state index is -3.24. The van der Waals surface area contributed by atoms with E-state index in [0.29, 0.717) is 5.69 Å². The second-order valence-electron chi connectivity index (χ2n) is 5.58. The van der Waals surface area contributed by atoms with Crippen LogP contribution in [0.3, 0.4) is 0 Å². The molecular weight excluding hydrogens is 374 g/mol. The van der Waals surface area contributed by atoms with Crippen LogP contribution in [0.1, 0.15) is 12.6 Å². The lowest BCUT2D eigenvalue weighted by Crippen LogP contribution is -2.03. The lowest BCUT2D eigenvalue weighted by atomic mass is 10.1. The number of pyridine rings is 1. The summed E-state index contributed by atoms with van der Waals surface area (Å²) < 4.78 is 47.2. The Bertz CT molecular complexity index is 1080. The third-order valence-electron chi connectivity index (χ3n) is 3.91. The highest BCUT2D eigenvalue weighted by Gasteiger charge is 2.13. The molecule has 0 fully saturated rings. The van der Waals surface area contributed by atoms with E-state index in [2.05, 4.69) is 9.97 Å². The normalized spacial score (nSPS) is 11.8. The zero-order valence-electron chi connectivity index (χ0n) is 13.9. The predicted octanol–water partition coefficient (Wildman–Crippen LogP) is 1.84. The van der Waals surface area contributed by atoms with Crippen LogP contribution in [0.25, 0.3) is 16.9 Å². The molecule has 2 heterocycles. The van der Waals surface area contributed by atoms with Gasteiger partial charge in [-0.25, -0.2) is 21.8 Å². The predicted molar refractivity (Wildman–Crippen MR) is 98.5 cm³/mol. The molecule has 0 N–H and O–H groups in total. The maximum atomic E-state index is 11.9. The molecule has 0 spiro atoms. The van der Waals surface area contributed by atoms with Crippen molar-refractivity contribution in [3.05, 3.63) is 60.8 Å². The molecule has 0 aliphatic heterocycles. The van der Waals surface area contributed by atoms with Crippen molar-refractivity contribution in [1.82, 2.24) is 14.5 Å². The number of nitrogens with zero attached hydrogens (tertiary/aromatic N) is 3. The lowest BCUT2D eigenvalue weighted by molar-refractivity contribution is 0.597. The Labute approximate surface area is 153 Å². The third kappa shape index (κ3) is 3.83. The minimum absolute atomic E-state index is 0.0528. The monoisotopic (exact) mass is 391 g/mol. The molecule has 0 radical (unpaired) electrons. The quantitative estimate of drug-likeness (QED) is 0.644. The standard InChI is InChI=1S/C17H17N3O4S2/c1-2-26(23,24)16-7-3-13(4-8-16)17-10-18-12-20(17)15-6-5-14(19-9-15)11-25(21)22/h3-10,12,25H,2,11H2,1H3. The van der Waals surface area contributed by atoms with Crippen LogP contribution in [0.15, 0.2) is 60.0 Å². The number of aromatic nitrogens is 3. The van der Waals surface area contributed by atoms with E-state index in [4.69, 9.17) is 0 Å². The first-order chi connectivity index (χ1) is 12.4. The molecule has 0 saturated heterocycles. The Balaban J connectivity index is 1.94. The maximum Gasteiger partial charge on any atom is 0.178 e. The molecule has 0 aliphatic carbocycles. The molecule has 3 aromatic rings. The SMILES string of the molecule is CCS(=O)(=O)c1ccc(-c2cncn2-c2ccc(C[SH](=O)=O)nc2)cc1. The van der Waals surface area contributed by atoms with E-state index in [0.717, 1.165) is 16.9 Å². The smallest absolute Gasteiger partial charge is 0.178 e. The van der Waals surface area contributed by atoms with E-state index in [1.807, 2.05) is 0 Å². The summed E-state index contributed by atoms with van der Waals surface area (Å²) in [7, 11) is -5.76. The van der Waals surface area contributed by atoms with Gasteiger partial charge in [-0.05, 0) is 24.3 Å². The van der Waals surface area contributed by atoms with Gasteiger partial charge in [-0.2, -0.15) is 0 Å². The van der Waals surface area contributed by atoms with Crippen molar-refractivity contribution in [2.45, 2.75) is 17.6 Å². The van der Waals surface area contributed by atoms with E-state index in [1.54, 1.807) is 66.6 Å². The van der Waals surface area contributed by atoms with Crippen LogP contribution in [0.2, 0.25) is 0 Å². The summed E-state index contributed by atoms with van der Waals surface area (Å²) in [5.74, 6) is -0.0447. The van der Waals surface area contributed by atoms with Crippen LogP contribution in [0.5, 0.6) is 0 Å². The van der Waals surface area contributed by atoms with Crippen LogP contribution in [0, 0.1) is 0 Å². The highest BCUT2D eigenvalue weighted by Crippen LogP contribution is 2.24. The van der Waals surface area contributed by atoms with Crippen molar-refractivity contribution >= 4 is 20.5 Å². The molecule has 26 heavy (non-hydrogen) atoms. The second kappa shape index (κ2) is 7.38. The Kier molecular flexibility index (Phi) is 5.19. The molecule has 1 aromatic carbocycles. The first-order valence-corrected chi connectivity index (χ1v) is 10.8. The number of imidazole rings is 1. The first-order valence-electron chi connectivity index (χ1n) is 7.83. The Morgan fingerprint density at radius 1 is 1.04 bits per heavy atom. The van der Waals surface area contributed by atoms with E-state index in [-0.39, 0.29) is 16.4 Å². The van der Waals surface area contributed by atoms with Crippen molar-refractivity contribution in [2.24, 2.45) is 0 Å². The van der Waals surface area contributed by atoms with Gasteiger partial charge >= 0.3 is 0 Å². The third-order valence-corrected chi connectivity index (χ3v) is 6.24. The molecule has 0 saturated carbocycles. The summed E-state index contributed by atoms with van der Waals surface area (Å²) in [5.41, 5.74) is 2.78. The molecule has 3 rings (SSSR count). The van der Waals surface area contributed by atoms with Gasteiger partial charge in [0.05, 0.1) is 52.2 Å². The average Bonchev–Trinajstić information content (AvgIpc) is 3.12. The fraction of sp³-hybridized carbons (Fsp3) is 0.176. The highest BCUT2D eigenvalue weighted by atomic mass is 32.2. The molecule has 0 unspecified atom stereocenters. The fourth-order valence-corrected chi connectivity index (χ4v) is 3.83. The lowest BCUT2D eigenvalue weighted by Gasteiger charge is -2.09. The number of hydrogen-bond donors (Lipinski definition) is 1. The maximum absolute atomic E-state index is 11.9. The molecule has 7 nitrogen and oxygen atoms in total. The van der Waals surface area contributed by atoms with Gasteiger partial charge in [0.25, 0.3) is 0 Å². The van der Waals surface area contributed by atoms with E-state index < -0.39 is 20.5 Å². The van der Waals surface area contributed by atoms with E-state index >= 15 is 0 Å². The molecule has 0 bridgehead atoms. The van der Waals surface area contributed by atoms with Crippen molar-refractivity contribution < 1.29 is 16.8 Å². The number of rotatable bonds is 6. The molecule has 136 valence electrons. The van der Waals surface area contributed by atoms with Crippen molar-refractivity contribution in [1.29, 1.82) is 0 Å². The summed E-state index contributed by atoms with van der Waals surface area (Å²) in [5, 5.41) is 0. The Morgan fingerprint density at radius 2 is 1.77 bits per heavy atom. The minimum Gasteiger partial charge on any atom is -0.297 e. The first kappa shape index (κ1) is 18.3. The summed E-state index contributed by atoms with van der Waals surface area (Å²) in [6.45, 7) is 1.61.